The van der Waals surface area contributed by atoms with Crippen LogP contribution in [0.3, 0.4) is 0 Å². The summed E-state index contributed by atoms with van der Waals surface area (Å²) in [6.07, 6.45) is 0.182. The predicted octanol–water partition coefficient (Wildman–Crippen LogP) is 2.83. The first-order valence-electron chi connectivity index (χ1n) is 4.57. The van der Waals surface area contributed by atoms with Gasteiger partial charge in [-0.15, -0.1) is 0 Å². The van der Waals surface area contributed by atoms with Crippen molar-refractivity contribution in [2.24, 2.45) is 5.92 Å². The van der Waals surface area contributed by atoms with Crippen molar-refractivity contribution in [1.82, 2.24) is 0 Å². The van der Waals surface area contributed by atoms with E-state index < -0.39 is 0 Å². The van der Waals surface area contributed by atoms with E-state index in [0.717, 1.165) is 0 Å². The average Bonchev–Trinajstić information content (AvgIpc) is 2.21. The standard InChI is InChI=1S/C11H11ClN2O/c1-8(7-13)6-11(15)14-10-5-3-2-4-9(10)12/h2-5,8H,6H2,1H3,(H,14,15). The molecule has 1 aromatic rings. The van der Waals surface area contributed by atoms with E-state index in [1.54, 1.807) is 31.2 Å². The van der Waals surface area contributed by atoms with Crippen molar-refractivity contribution in [2.75, 3.05) is 5.32 Å². The van der Waals surface area contributed by atoms with Gasteiger partial charge in [0.15, 0.2) is 0 Å². The summed E-state index contributed by atoms with van der Waals surface area (Å²) in [5.41, 5.74) is 0.578. The van der Waals surface area contributed by atoms with Crippen LogP contribution in [-0.2, 0) is 4.79 Å². The second kappa shape index (κ2) is 5.38. The Hall–Kier alpha value is -1.53. The summed E-state index contributed by atoms with van der Waals surface area (Å²) >= 11 is 5.86. The first-order chi connectivity index (χ1) is 7.13. The Kier molecular flexibility index (Phi) is 4.14. The maximum absolute atomic E-state index is 11.4. The third-order valence-corrected chi connectivity index (χ3v) is 2.19. The van der Waals surface area contributed by atoms with E-state index in [1.807, 2.05) is 6.07 Å². The van der Waals surface area contributed by atoms with Crippen LogP contribution in [0.15, 0.2) is 24.3 Å². The van der Waals surface area contributed by atoms with E-state index in [-0.39, 0.29) is 18.2 Å². The second-order valence-electron chi connectivity index (χ2n) is 3.26. The summed E-state index contributed by atoms with van der Waals surface area (Å²) in [5, 5.41) is 11.7. The predicted molar refractivity (Wildman–Crippen MR) is 59.5 cm³/mol. The van der Waals surface area contributed by atoms with Gasteiger partial charge in [0.25, 0.3) is 0 Å². The minimum absolute atomic E-state index is 0.182. The number of halogens is 1. The molecule has 1 amide bonds. The van der Waals surface area contributed by atoms with Crippen LogP contribution >= 0.6 is 11.6 Å². The van der Waals surface area contributed by atoms with E-state index >= 15 is 0 Å². The summed E-state index contributed by atoms with van der Waals surface area (Å²) < 4.78 is 0. The molecule has 1 N–H and O–H groups in total. The highest BCUT2D eigenvalue weighted by Crippen LogP contribution is 2.20. The molecule has 4 heteroatoms. The van der Waals surface area contributed by atoms with Gasteiger partial charge in [0.2, 0.25) is 5.91 Å². The van der Waals surface area contributed by atoms with Crippen LogP contribution in [0.1, 0.15) is 13.3 Å². The van der Waals surface area contributed by atoms with Crippen LogP contribution in [-0.4, -0.2) is 5.91 Å². The summed E-state index contributed by atoms with van der Waals surface area (Å²) in [6, 6.07) is 9.00. The Bertz CT molecular complexity index is 398. The van der Waals surface area contributed by atoms with Gasteiger partial charge in [-0.2, -0.15) is 5.26 Å². The van der Waals surface area contributed by atoms with Crippen molar-refractivity contribution in [2.45, 2.75) is 13.3 Å². The number of anilines is 1. The van der Waals surface area contributed by atoms with Gasteiger partial charge in [-0.05, 0) is 19.1 Å². The van der Waals surface area contributed by atoms with Crippen LogP contribution in [0.5, 0.6) is 0 Å². The minimum Gasteiger partial charge on any atom is -0.325 e. The van der Waals surface area contributed by atoms with Gasteiger partial charge >= 0.3 is 0 Å². The van der Waals surface area contributed by atoms with Gasteiger partial charge in [-0.25, -0.2) is 0 Å². The van der Waals surface area contributed by atoms with E-state index in [4.69, 9.17) is 16.9 Å². The van der Waals surface area contributed by atoms with Gasteiger partial charge in [-0.3, -0.25) is 4.79 Å². The number of nitrogens with one attached hydrogen (secondary N) is 1. The Labute approximate surface area is 93.7 Å². The van der Waals surface area contributed by atoms with Crippen LogP contribution in [0.4, 0.5) is 5.69 Å². The molecule has 0 spiro atoms. The smallest absolute Gasteiger partial charge is 0.225 e. The normalized spacial score (nSPS) is 11.5. The molecule has 0 radical (unpaired) electrons. The minimum atomic E-state index is -0.285. The molecular weight excluding hydrogens is 212 g/mol. The van der Waals surface area contributed by atoms with Crippen molar-refractivity contribution in [3.05, 3.63) is 29.3 Å². The molecule has 78 valence electrons. The molecular formula is C11H11ClN2O. The molecule has 0 saturated carbocycles. The van der Waals surface area contributed by atoms with Crippen molar-refractivity contribution in [1.29, 1.82) is 5.26 Å². The van der Waals surface area contributed by atoms with Gasteiger partial charge < -0.3 is 5.32 Å². The number of carbonyl (C=O) groups is 1. The largest absolute Gasteiger partial charge is 0.325 e. The Morgan fingerprint density at radius 2 is 2.27 bits per heavy atom. The molecule has 0 saturated heterocycles. The van der Waals surface area contributed by atoms with E-state index in [2.05, 4.69) is 5.32 Å². The van der Waals surface area contributed by atoms with Crippen molar-refractivity contribution in [3.63, 3.8) is 0 Å². The highest BCUT2D eigenvalue weighted by molar-refractivity contribution is 6.33. The summed E-state index contributed by atoms with van der Waals surface area (Å²) in [5.74, 6) is -0.482. The lowest BCUT2D eigenvalue weighted by Gasteiger charge is -2.07. The van der Waals surface area contributed by atoms with Gasteiger partial charge in [-0.1, -0.05) is 23.7 Å². The highest BCUT2D eigenvalue weighted by atomic mass is 35.5. The fourth-order valence-corrected chi connectivity index (χ4v) is 1.27. The monoisotopic (exact) mass is 222 g/mol. The van der Waals surface area contributed by atoms with E-state index in [9.17, 15) is 4.79 Å². The molecule has 0 aliphatic carbocycles. The molecule has 0 bridgehead atoms. The molecule has 3 nitrogen and oxygen atoms in total. The molecule has 1 aromatic carbocycles. The quantitative estimate of drug-likeness (QED) is 0.855. The lowest BCUT2D eigenvalue weighted by molar-refractivity contribution is -0.116. The van der Waals surface area contributed by atoms with E-state index in [1.165, 1.54) is 0 Å². The number of hydrogen-bond acceptors (Lipinski definition) is 2. The van der Waals surface area contributed by atoms with Gasteiger partial charge in [0.05, 0.1) is 22.7 Å². The third kappa shape index (κ3) is 3.61. The van der Waals surface area contributed by atoms with Gasteiger partial charge in [0.1, 0.15) is 0 Å². The van der Waals surface area contributed by atoms with Crippen LogP contribution in [0.25, 0.3) is 0 Å². The van der Waals surface area contributed by atoms with Crippen LogP contribution in [0.2, 0.25) is 5.02 Å². The number of rotatable bonds is 3. The molecule has 0 heterocycles. The number of hydrogen-bond donors (Lipinski definition) is 1. The number of nitriles is 1. The molecule has 1 unspecified atom stereocenters. The Morgan fingerprint density at radius 3 is 2.87 bits per heavy atom. The lowest BCUT2D eigenvalue weighted by Crippen LogP contribution is -2.14. The second-order valence-corrected chi connectivity index (χ2v) is 3.67. The molecule has 0 aliphatic rings. The molecule has 0 fully saturated rings. The number of amides is 1. The molecule has 0 aliphatic heterocycles. The third-order valence-electron chi connectivity index (χ3n) is 1.86. The molecule has 1 rings (SSSR count). The highest BCUT2D eigenvalue weighted by Gasteiger charge is 2.09. The lowest BCUT2D eigenvalue weighted by atomic mass is 10.1. The summed E-state index contributed by atoms with van der Waals surface area (Å²) in [7, 11) is 0. The van der Waals surface area contributed by atoms with Crippen LogP contribution < -0.4 is 5.32 Å². The molecule has 0 aromatic heterocycles. The SMILES string of the molecule is CC(C#N)CC(=O)Nc1ccccc1Cl. The molecule has 15 heavy (non-hydrogen) atoms. The maximum atomic E-state index is 11.4. The van der Waals surface area contributed by atoms with Gasteiger partial charge in [0, 0.05) is 6.42 Å². The summed E-state index contributed by atoms with van der Waals surface area (Å²) in [6.45, 7) is 1.70. The zero-order valence-corrected chi connectivity index (χ0v) is 9.08. The van der Waals surface area contributed by atoms with Crippen molar-refractivity contribution < 1.29 is 4.79 Å². The Balaban J connectivity index is 2.60. The fraction of sp³-hybridized carbons (Fsp3) is 0.273. The summed E-state index contributed by atoms with van der Waals surface area (Å²) in [4.78, 5) is 11.4. The Morgan fingerprint density at radius 1 is 1.60 bits per heavy atom. The number of benzene rings is 1. The topological polar surface area (TPSA) is 52.9 Å². The first kappa shape index (κ1) is 11.5. The van der Waals surface area contributed by atoms with E-state index in [0.29, 0.717) is 10.7 Å². The zero-order chi connectivity index (χ0) is 11.3. The zero-order valence-electron chi connectivity index (χ0n) is 8.33. The average molecular weight is 223 g/mol. The first-order valence-corrected chi connectivity index (χ1v) is 4.95. The molecule has 1 atom stereocenters. The number of carbonyl (C=O) groups excluding carboxylic acids is 1. The number of para-hydroxylation sites is 1. The van der Waals surface area contributed by atoms with Crippen molar-refractivity contribution in [3.8, 4) is 6.07 Å². The number of nitrogens with zero attached hydrogens (tertiary/aromatic N) is 1. The fourth-order valence-electron chi connectivity index (χ4n) is 1.09. The van der Waals surface area contributed by atoms with Crippen molar-refractivity contribution >= 4 is 23.2 Å². The maximum Gasteiger partial charge on any atom is 0.225 e. The van der Waals surface area contributed by atoms with Crippen LogP contribution in [0, 0.1) is 17.2 Å².